The molecule has 106 valence electrons. The van der Waals surface area contributed by atoms with Gasteiger partial charge >= 0.3 is 5.97 Å². The van der Waals surface area contributed by atoms with Crippen LogP contribution in [0.2, 0.25) is 0 Å². The van der Waals surface area contributed by atoms with E-state index in [2.05, 4.69) is 6.92 Å². The minimum absolute atomic E-state index is 0.271. The third-order valence-electron chi connectivity index (χ3n) is 3.04. The predicted octanol–water partition coefficient (Wildman–Crippen LogP) is 4.21. The van der Waals surface area contributed by atoms with Crippen LogP contribution < -0.4 is 4.74 Å². The number of methoxy groups -OCH3 is 1. The zero-order valence-corrected chi connectivity index (χ0v) is 12.0. The largest absolute Gasteiger partial charge is 0.497 e. The highest BCUT2D eigenvalue weighted by atomic mass is 16.5. The molecule has 0 fully saturated rings. The van der Waals surface area contributed by atoms with Gasteiger partial charge in [0.15, 0.2) is 0 Å². The zero-order valence-electron chi connectivity index (χ0n) is 12.0. The van der Waals surface area contributed by atoms with E-state index in [0.29, 0.717) is 17.9 Å². The molecule has 0 bridgehead atoms. The number of esters is 1. The fraction of sp³-hybridized carbons (Fsp3) is 0.562. The first-order valence-corrected chi connectivity index (χ1v) is 7.09. The molecule has 0 atom stereocenters. The molecule has 0 aliphatic heterocycles. The molecule has 0 saturated carbocycles. The summed E-state index contributed by atoms with van der Waals surface area (Å²) in [5.74, 6) is 0.404. The first kappa shape index (κ1) is 15.5. The summed E-state index contributed by atoms with van der Waals surface area (Å²) in [6.07, 6.45) is 7.13. The molecule has 0 aliphatic carbocycles. The second-order valence-electron chi connectivity index (χ2n) is 4.64. The number of unbranched alkanes of at least 4 members (excludes halogenated alkanes) is 5. The third kappa shape index (κ3) is 6.27. The first-order valence-electron chi connectivity index (χ1n) is 7.09. The van der Waals surface area contributed by atoms with Gasteiger partial charge in [0, 0.05) is 0 Å². The Morgan fingerprint density at radius 2 is 1.84 bits per heavy atom. The number of benzene rings is 1. The van der Waals surface area contributed by atoms with Crippen molar-refractivity contribution in [1.29, 1.82) is 0 Å². The molecule has 1 rings (SSSR count). The second kappa shape index (κ2) is 9.42. The molecule has 0 aliphatic rings. The Morgan fingerprint density at radius 3 is 2.58 bits per heavy atom. The van der Waals surface area contributed by atoms with Crippen LogP contribution in [0.1, 0.15) is 55.8 Å². The third-order valence-corrected chi connectivity index (χ3v) is 3.04. The molecule has 19 heavy (non-hydrogen) atoms. The summed E-state index contributed by atoms with van der Waals surface area (Å²) in [6.45, 7) is 2.71. The normalized spacial score (nSPS) is 10.2. The van der Waals surface area contributed by atoms with Crippen LogP contribution in [-0.4, -0.2) is 19.7 Å². The van der Waals surface area contributed by atoms with Gasteiger partial charge < -0.3 is 9.47 Å². The molecule has 0 saturated heterocycles. The highest BCUT2D eigenvalue weighted by Crippen LogP contribution is 2.13. The molecule has 0 spiro atoms. The van der Waals surface area contributed by atoms with Gasteiger partial charge in [-0.25, -0.2) is 4.79 Å². The Hall–Kier alpha value is -1.51. The average molecular weight is 264 g/mol. The van der Waals surface area contributed by atoms with Gasteiger partial charge in [0.1, 0.15) is 5.75 Å². The van der Waals surface area contributed by atoms with Crippen molar-refractivity contribution in [1.82, 2.24) is 0 Å². The summed E-state index contributed by atoms with van der Waals surface area (Å²) in [5.41, 5.74) is 0.547. The number of hydrogen-bond donors (Lipinski definition) is 0. The zero-order chi connectivity index (χ0) is 13.9. The van der Waals surface area contributed by atoms with E-state index in [1.165, 1.54) is 25.7 Å². The van der Waals surface area contributed by atoms with Crippen LogP contribution in [0.25, 0.3) is 0 Å². The van der Waals surface area contributed by atoms with Gasteiger partial charge in [0.05, 0.1) is 19.3 Å². The van der Waals surface area contributed by atoms with E-state index >= 15 is 0 Å². The number of hydrogen-bond acceptors (Lipinski definition) is 3. The smallest absolute Gasteiger partial charge is 0.338 e. The minimum atomic E-state index is -0.271. The van der Waals surface area contributed by atoms with Crippen LogP contribution in [0.4, 0.5) is 0 Å². The summed E-state index contributed by atoms with van der Waals surface area (Å²) in [4.78, 5) is 11.8. The maximum Gasteiger partial charge on any atom is 0.338 e. The van der Waals surface area contributed by atoms with E-state index in [1.807, 2.05) is 6.07 Å². The van der Waals surface area contributed by atoms with Gasteiger partial charge in [0.25, 0.3) is 0 Å². The van der Waals surface area contributed by atoms with Crippen LogP contribution in [-0.2, 0) is 4.74 Å². The Labute approximate surface area is 115 Å². The highest BCUT2D eigenvalue weighted by Gasteiger charge is 2.07. The summed E-state index contributed by atoms with van der Waals surface area (Å²) in [6, 6.07) is 7.04. The molecule has 3 heteroatoms. The first-order chi connectivity index (χ1) is 9.27. The van der Waals surface area contributed by atoms with Crippen LogP contribution in [0.3, 0.4) is 0 Å². The summed E-state index contributed by atoms with van der Waals surface area (Å²) in [7, 11) is 1.58. The van der Waals surface area contributed by atoms with Crippen molar-refractivity contribution in [2.75, 3.05) is 13.7 Å². The van der Waals surface area contributed by atoms with Crippen LogP contribution >= 0.6 is 0 Å². The molecule has 0 radical (unpaired) electrons. The Kier molecular flexibility index (Phi) is 7.71. The van der Waals surface area contributed by atoms with Crippen molar-refractivity contribution in [2.24, 2.45) is 0 Å². The van der Waals surface area contributed by atoms with Gasteiger partial charge in [-0.15, -0.1) is 0 Å². The van der Waals surface area contributed by atoms with Gasteiger partial charge in [-0.3, -0.25) is 0 Å². The quantitative estimate of drug-likeness (QED) is 0.495. The Bertz CT molecular complexity index is 374. The summed E-state index contributed by atoms with van der Waals surface area (Å²) in [5, 5.41) is 0. The number of carbonyl (C=O) groups is 1. The maximum atomic E-state index is 11.8. The molecule has 0 unspecified atom stereocenters. The molecule has 3 nitrogen and oxygen atoms in total. The van der Waals surface area contributed by atoms with E-state index in [-0.39, 0.29) is 5.97 Å². The SMILES string of the molecule is CCCCCCCCOC(=O)c1cccc(OC)c1. The van der Waals surface area contributed by atoms with Crippen LogP contribution in [0, 0.1) is 0 Å². The minimum Gasteiger partial charge on any atom is -0.497 e. The van der Waals surface area contributed by atoms with Crippen LogP contribution in [0.5, 0.6) is 5.75 Å². The summed E-state index contributed by atoms with van der Waals surface area (Å²) < 4.78 is 10.3. The second-order valence-corrected chi connectivity index (χ2v) is 4.64. The molecule has 1 aromatic carbocycles. The molecular formula is C16H24O3. The van der Waals surface area contributed by atoms with Crippen molar-refractivity contribution in [3.63, 3.8) is 0 Å². The molecule has 0 amide bonds. The summed E-state index contributed by atoms with van der Waals surface area (Å²) >= 11 is 0. The van der Waals surface area contributed by atoms with Crippen molar-refractivity contribution in [3.8, 4) is 5.75 Å². The molecule has 0 heterocycles. The van der Waals surface area contributed by atoms with Gasteiger partial charge in [-0.2, -0.15) is 0 Å². The number of carbonyl (C=O) groups excluding carboxylic acids is 1. The highest BCUT2D eigenvalue weighted by molar-refractivity contribution is 5.89. The molecule has 1 aromatic rings. The van der Waals surface area contributed by atoms with Gasteiger partial charge in [0.2, 0.25) is 0 Å². The Balaban J connectivity index is 2.20. The fourth-order valence-electron chi connectivity index (χ4n) is 1.88. The van der Waals surface area contributed by atoms with Gasteiger partial charge in [-0.1, -0.05) is 45.1 Å². The molecule has 0 aromatic heterocycles. The van der Waals surface area contributed by atoms with E-state index in [9.17, 15) is 4.79 Å². The van der Waals surface area contributed by atoms with Gasteiger partial charge in [-0.05, 0) is 24.6 Å². The lowest BCUT2D eigenvalue weighted by Gasteiger charge is -2.06. The molecular weight excluding hydrogens is 240 g/mol. The van der Waals surface area contributed by atoms with Crippen LogP contribution in [0.15, 0.2) is 24.3 Å². The average Bonchev–Trinajstić information content (AvgIpc) is 2.46. The van der Waals surface area contributed by atoms with E-state index in [1.54, 1.807) is 25.3 Å². The maximum absolute atomic E-state index is 11.8. The van der Waals surface area contributed by atoms with Crippen molar-refractivity contribution < 1.29 is 14.3 Å². The van der Waals surface area contributed by atoms with E-state index in [0.717, 1.165) is 12.8 Å². The standard InChI is InChI=1S/C16H24O3/c1-3-4-5-6-7-8-12-19-16(17)14-10-9-11-15(13-14)18-2/h9-11,13H,3-8,12H2,1-2H3. The van der Waals surface area contributed by atoms with E-state index in [4.69, 9.17) is 9.47 Å². The fourth-order valence-corrected chi connectivity index (χ4v) is 1.88. The topological polar surface area (TPSA) is 35.5 Å². The lowest BCUT2D eigenvalue weighted by Crippen LogP contribution is -2.06. The lowest BCUT2D eigenvalue weighted by molar-refractivity contribution is 0.0497. The lowest BCUT2D eigenvalue weighted by atomic mass is 10.1. The predicted molar refractivity (Wildman–Crippen MR) is 76.7 cm³/mol. The molecule has 0 N–H and O–H groups in total. The van der Waals surface area contributed by atoms with Crippen molar-refractivity contribution >= 4 is 5.97 Å². The Morgan fingerprint density at radius 1 is 1.11 bits per heavy atom. The van der Waals surface area contributed by atoms with Crippen molar-refractivity contribution in [3.05, 3.63) is 29.8 Å². The monoisotopic (exact) mass is 264 g/mol. The number of ether oxygens (including phenoxy) is 2. The number of rotatable bonds is 9. The van der Waals surface area contributed by atoms with Crippen molar-refractivity contribution in [2.45, 2.75) is 45.4 Å². The van der Waals surface area contributed by atoms with E-state index < -0.39 is 0 Å².